The van der Waals surface area contributed by atoms with E-state index in [0.29, 0.717) is 0 Å². The molecule has 0 spiro atoms. The molecule has 0 amide bonds. The van der Waals surface area contributed by atoms with Crippen LogP contribution < -0.4 is 6.15 Å². The van der Waals surface area contributed by atoms with E-state index in [9.17, 15) is 0 Å². The van der Waals surface area contributed by atoms with Gasteiger partial charge in [-0.1, -0.05) is 90.9 Å². The molecule has 0 aliphatic heterocycles. The summed E-state index contributed by atoms with van der Waals surface area (Å²) in [5, 5.41) is 0. The van der Waals surface area contributed by atoms with E-state index >= 15 is 0 Å². The first kappa shape index (κ1) is 30.0. The molecule has 0 aromatic heterocycles. The van der Waals surface area contributed by atoms with E-state index in [1.54, 1.807) is 0 Å². The van der Waals surface area contributed by atoms with Crippen LogP contribution in [0.25, 0.3) is 0 Å². The van der Waals surface area contributed by atoms with Crippen LogP contribution >= 0.6 is 12.4 Å². The van der Waals surface area contributed by atoms with Gasteiger partial charge < -0.3 is 10.6 Å². The van der Waals surface area contributed by atoms with Gasteiger partial charge in [0.25, 0.3) is 0 Å². The zero-order valence-corrected chi connectivity index (χ0v) is 19.1. The van der Waals surface area contributed by atoms with Crippen LogP contribution in [0, 0.1) is 0 Å². The molecule has 2 nitrogen and oxygen atoms in total. The Balaban J connectivity index is -0.00000242. The number of quaternary nitrogens is 1. The van der Waals surface area contributed by atoms with Crippen molar-refractivity contribution in [1.29, 1.82) is 0 Å². The lowest BCUT2D eigenvalue weighted by Crippen LogP contribution is -2.41. The number of hydrogen-bond acceptors (Lipinski definition) is 1. The summed E-state index contributed by atoms with van der Waals surface area (Å²) >= 11 is 0. The predicted molar refractivity (Wildman–Crippen MR) is 119 cm³/mol. The van der Waals surface area contributed by atoms with E-state index in [1.807, 2.05) is 0 Å². The maximum Gasteiger partial charge on any atom is 0.0782 e. The molecule has 0 fully saturated rings. The molecule has 3 heteroatoms. The second-order valence-electron chi connectivity index (χ2n) is 8.33. The molecule has 0 aliphatic carbocycles. The van der Waals surface area contributed by atoms with Gasteiger partial charge in [-0.05, 0) is 25.7 Å². The molecule has 0 aromatic carbocycles. The quantitative estimate of drug-likeness (QED) is 0.190. The van der Waals surface area contributed by atoms with Gasteiger partial charge in [-0.15, -0.1) is 12.4 Å². The molecule has 0 saturated heterocycles. The third-order valence-corrected chi connectivity index (χ3v) is 5.23. The third kappa shape index (κ3) is 24.2. The highest BCUT2D eigenvalue weighted by atomic mass is 35.5. The highest BCUT2D eigenvalue weighted by Gasteiger charge is 2.13. The van der Waals surface area contributed by atoms with Crippen LogP contribution in [0.3, 0.4) is 0 Å². The summed E-state index contributed by atoms with van der Waals surface area (Å²) in [6.45, 7) is 7.36. The minimum atomic E-state index is 0. The molecule has 0 saturated carbocycles. The van der Waals surface area contributed by atoms with Crippen LogP contribution in [-0.2, 0) is 0 Å². The second kappa shape index (κ2) is 22.3. The van der Waals surface area contributed by atoms with Crippen molar-refractivity contribution in [2.45, 2.75) is 117 Å². The van der Waals surface area contributed by atoms with Crippen LogP contribution in [0.15, 0.2) is 0 Å². The third-order valence-electron chi connectivity index (χ3n) is 5.23. The Morgan fingerprint density at radius 1 is 0.440 bits per heavy atom. The summed E-state index contributed by atoms with van der Waals surface area (Å²) in [6, 6.07) is 0. The fourth-order valence-corrected chi connectivity index (χ4v) is 3.46. The van der Waals surface area contributed by atoms with Gasteiger partial charge in [0.15, 0.2) is 0 Å². The molecule has 0 radical (unpaired) electrons. The average molecular weight is 380 g/mol. The van der Waals surface area contributed by atoms with Crippen LogP contribution in [0.1, 0.15) is 117 Å². The summed E-state index contributed by atoms with van der Waals surface area (Å²) in [4.78, 5) is 0. The van der Waals surface area contributed by atoms with E-state index in [4.69, 9.17) is 0 Å². The summed E-state index contributed by atoms with van der Waals surface area (Å²) in [5.74, 6) is 0. The lowest BCUT2D eigenvalue weighted by Gasteiger charge is -2.30. The lowest BCUT2D eigenvalue weighted by molar-refractivity contribution is -0.890. The smallest absolute Gasteiger partial charge is 0.0782 e. The van der Waals surface area contributed by atoms with E-state index in [0.717, 1.165) is 0 Å². The first-order valence-electron chi connectivity index (χ1n) is 10.9. The Morgan fingerprint density at radius 2 is 0.680 bits per heavy atom. The van der Waals surface area contributed by atoms with Crippen molar-refractivity contribution in [2.24, 2.45) is 0 Å². The maximum atomic E-state index is 2.43. The van der Waals surface area contributed by atoms with Crippen molar-refractivity contribution in [3.05, 3.63) is 0 Å². The fourth-order valence-electron chi connectivity index (χ4n) is 3.46. The number of rotatable bonds is 18. The molecule has 0 bridgehead atoms. The molecule has 156 valence electrons. The highest BCUT2D eigenvalue weighted by Crippen LogP contribution is 2.13. The average Bonchev–Trinajstić information content (AvgIpc) is 2.52. The first-order valence-corrected chi connectivity index (χ1v) is 10.9. The van der Waals surface area contributed by atoms with Gasteiger partial charge in [0.05, 0.1) is 27.2 Å². The molecule has 0 aromatic rings. The summed E-state index contributed by atoms with van der Waals surface area (Å²) in [7, 11) is 4.87. The molecular weight excluding hydrogens is 328 g/mol. The lowest BCUT2D eigenvalue weighted by atomic mass is 10.1. The molecule has 25 heavy (non-hydrogen) atoms. The zero-order chi connectivity index (χ0) is 17.2. The van der Waals surface area contributed by atoms with Crippen LogP contribution in [-0.4, -0.2) is 31.7 Å². The highest BCUT2D eigenvalue weighted by molar-refractivity contribution is 5.85. The Hall–Kier alpha value is 0.210. The number of nitrogens with zero attached hydrogens (tertiary/aromatic N) is 1. The SMILES string of the molecule is CCCCCCCCCC[N+](C)(C)CCCCCCCCCC.Cl.N. The standard InChI is InChI=1S/C22H48N.ClH.H3N/c1-5-7-9-11-13-15-17-19-21-23(3,4)22-20-18-16-14-12-10-8-6-2;;/h5-22H2,1-4H3;1H;1H3/q+1;;. The molecule has 0 atom stereocenters. The molecule has 3 N–H and O–H groups in total. The van der Waals surface area contributed by atoms with Crippen LogP contribution in [0.4, 0.5) is 0 Å². The minimum absolute atomic E-state index is 0. The summed E-state index contributed by atoms with van der Waals surface area (Å²) < 4.78 is 1.24. The van der Waals surface area contributed by atoms with Crippen molar-refractivity contribution < 1.29 is 4.48 Å². The van der Waals surface area contributed by atoms with Gasteiger partial charge in [0, 0.05) is 0 Å². The molecular formula is C22H52ClN2+. The number of unbranched alkanes of at least 4 members (excludes halogenated alkanes) is 14. The van der Waals surface area contributed by atoms with Gasteiger partial charge in [-0.3, -0.25) is 0 Å². The molecule has 0 heterocycles. The van der Waals surface area contributed by atoms with Crippen molar-refractivity contribution in [2.75, 3.05) is 27.2 Å². The van der Waals surface area contributed by atoms with Gasteiger partial charge in [0.1, 0.15) is 0 Å². The molecule has 0 aliphatic rings. The molecule has 0 rings (SSSR count). The number of hydrogen-bond donors (Lipinski definition) is 1. The van der Waals surface area contributed by atoms with E-state index in [2.05, 4.69) is 27.9 Å². The van der Waals surface area contributed by atoms with Crippen molar-refractivity contribution in [1.82, 2.24) is 6.15 Å². The van der Waals surface area contributed by atoms with Gasteiger partial charge in [-0.25, -0.2) is 0 Å². The van der Waals surface area contributed by atoms with Crippen molar-refractivity contribution >= 4 is 12.4 Å². The Labute approximate surface area is 167 Å². The second-order valence-corrected chi connectivity index (χ2v) is 8.33. The van der Waals surface area contributed by atoms with Gasteiger partial charge in [0.2, 0.25) is 0 Å². The van der Waals surface area contributed by atoms with Crippen LogP contribution in [0.5, 0.6) is 0 Å². The predicted octanol–water partition coefficient (Wildman–Crippen LogP) is 7.93. The summed E-state index contributed by atoms with van der Waals surface area (Å²) in [5.41, 5.74) is 0. The van der Waals surface area contributed by atoms with Crippen molar-refractivity contribution in [3.63, 3.8) is 0 Å². The minimum Gasteiger partial charge on any atom is -0.344 e. The zero-order valence-electron chi connectivity index (χ0n) is 18.3. The van der Waals surface area contributed by atoms with Crippen molar-refractivity contribution in [3.8, 4) is 0 Å². The van der Waals surface area contributed by atoms with E-state index < -0.39 is 0 Å². The normalized spacial score (nSPS) is 11.0. The molecule has 0 unspecified atom stereocenters. The monoisotopic (exact) mass is 379 g/mol. The topological polar surface area (TPSA) is 35.0 Å². The van der Waals surface area contributed by atoms with Crippen LogP contribution in [0.2, 0.25) is 0 Å². The largest absolute Gasteiger partial charge is 0.344 e. The van der Waals surface area contributed by atoms with Gasteiger partial charge >= 0.3 is 0 Å². The summed E-state index contributed by atoms with van der Waals surface area (Å²) in [6.07, 6.45) is 23.0. The Bertz CT molecular complexity index is 210. The number of halogens is 1. The van der Waals surface area contributed by atoms with E-state index in [1.165, 1.54) is 120 Å². The maximum absolute atomic E-state index is 2.43. The Kier molecular flexibility index (Phi) is 26.7. The fraction of sp³-hybridized carbons (Fsp3) is 1.00. The Morgan fingerprint density at radius 3 is 0.960 bits per heavy atom. The van der Waals surface area contributed by atoms with Gasteiger partial charge in [-0.2, -0.15) is 0 Å². The first-order chi connectivity index (χ1) is 11.1. The van der Waals surface area contributed by atoms with E-state index in [-0.39, 0.29) is 18.6 Å².